The molecule has 0 radical (unpaired) electrons. The SMILES string of the molecule is CN(C)CCC1CCSc2ccccc2C1=O.O=[N+]([O-])c1cc([N+](=O)[O-])c(O)c([N+](=O)[O-])c1. The third-order valence-corrected chi connectivity index (χ3v) is 5.94. The number of fused-ring (bicyclic) bond motifs is 1. The normalized spacial score (nSPS) is 15.1. The summed E-state index contributed by atoms with van der Waals surface area (Å²) in [5.41, 5.74) is -2.07. The predicted octanol–water partition coefficient (Wildman–Crippen LogP) is 4.05. The second-order valence-corrected chi connectivity index (χ2v) is 8.53. The van der Waals surface area contributed by atoms with Gasteiger partial charge < -0.3 is 10.0 Å². The van der Waals surface area contributed by atoms with Crippen LogP contribution in [0.25, 0.3) is 0 Å². The summed E-state index contributed by atoms with van der Waals surface area (Å²) in [6, 6.07) is 8.90. The van der Waals surface area contributed by atoms with E-state index in [0.717, 1.165) is 35.6 Å². The van der Waals surface area contributed by atoms with Crippen molar-refractivity contribution in [3.63, 3.8) is 0 Å². The Kier molecular flexibility index (Phi) is 8.82. The van der Waals surface area contributed by atoms with E-state index in [9.17, 15) is 35.1 Å². The standard InChI is InChI=1S/C14H19NOS.C6H3N3O7/c1-15(2)9-7-11-8-10-17-13-6-4-3-5-12(13)14(11)16;10-6-4(8(13)14)1-3(7(11)12)2-5(6)9(15)16/h3-6,11H,7-10H2,1-2H3;1-2,10H. The number of nitro benzene ring substituents is 3. The lowest BCUT2D eigenvalue weighted by molar-refractivity contribution is -0.404. The van der Waals surface area contributed by atoms with E-state index >= 15 is 0 Å². The van der Waals surface area contributed by atoms with Crippen LogP contribution < -0.4 is 0 Å². The van der Waals surface area contributed by atoms with E-state index < -0.39 is 37.6 Å². The molecule has 0 bridgehead atoms. The first-order valence-corrected chi connectivity index (χ1v) is 10.7. The Labute approximate surface area is 192 Å². The van der Waals surface area contributed by atoms with Gasteiger partial charge in [0.15, 0.2) is 5.78 Å². The molecule has 1 N–H and O–H groups in total. The number of carbonyl (C=O) groups is 1. The van der Waals surface area contributed by atoms with Crippen LogP contribution in [0, 0.1) is 36.3 Å². The number of benzene rings is 2. The molecular weight excluding hydrogens is 456 g/mol. The maximum atomic E-state index is 12.4. The Morgan fingerprint density at radius 1 is 1.03 bits per heavy atom. The highest BCUT2D eigenvalue weighted by Crippen LogP contribution is 2.39. The molecule has 0 amide bonds. The van der Waals surface area contributed by atoms with Crippen molar-refractivity contribution in [1.29, 1.82) is 0 Å². The van der Waals surface area contributed by atoms with Crippen LogP contribution in [0.1, 0.15) is 23.2 Å². The molecule has 0 saturated heterocycles. The quantitative estimate of drug-likeness (QED) is 0.472. The van der Waals surface area contributed by atoms with Gasteiger partial charge in [-0.15, -0.1) is 11.8 Å². The van der Waals surface area contributed by atoms with Gasteiger partial charge in [0.25, 0.3) is 11.4 Å². The molecular formula is C20H22N4O8S. The zero-order valence-electron chi connectivity index (χ0n) is 17.9. The van der Waals surface area contributed by atoms with Crippen LogP contribution in [0.4, 0.5) is 17.1 Å². The zero-order chi connectivity index (χ0) is 24.7. The van der Waals surface area contributed by atoms with Gasteiger partial charge in [0, 0.05) is 16.4 Å². The van der Waals surface area contributed by atoms with E-state index in [0.29, 0.717) is 17.9 Å². The van der Waals surface area contributed by atoms with Crippen molar-refractivity contribution in [3.05, 3.63) is 72.3 Å². The van der Waals surface area contributed by atoms with Gasteiger partial charge in [-0.05, 0) is 45.3 Å². The summed E-state index contributed by atoms with van der Waals surface area (Å²) in [6.07, 6.45) is 1.98. The summed E-state index contributed by atoms with van der Waals surface area (Å²) in [6.45, 7) is 0.989. The fraction of sp³-hybridized carbons (Fsp3) is 0.350. The monoisotopic (exact) mass is 478 g/mol. The lowest BCUT2D eigenvalue weighted by atomic mass is 9.92. The molecule has 176 valence electrons. The minimum absolute atomic E-state index is 0.202. The van der Waals surface area contributed by atoms with Crippen molar-refractivity contribution >= 4 is 34.6 Å². The summed E-state index contributed by atoms with van der Waals surface area (Å²) < 4.78 is 0. The van der Waals surface area contributed by atoms with Crippen LogP contribution >= 0.6 is 11.8 Å². The van der Waals surface area contributed by atoms with Gasteiger partial charge in [0.2, 0.25) is 0 Å². The highest BCUT2D eigenvalue weighted by Gasteiger charge is 2.30. The maximum Gasteiger partial charge on any atom is 0.324 e. The van der Waals surface area contributed by atoms with E-state index in [1.165, 1.54) is 0 Å². The van der Waals surface area contributed by atoms with Gasteiger partial charge in [0.05, 0.1) is 26.9 Å². The van der Waals surface area contributed by atoms with Crippen LogP contribution in [0.3, 0.4) is 0 Å². The van der Waals surface area contributed by atoms with Crippen LogP contribution in [0.15, 0.2) is 41.3 Å². The number of hydrogen-bond donors (Lipinski definition) is 1. The van der Waals surface area contributed by atoms with E-state index in [1.807, 2.05) is 30.0 Å². The van der Waals surface area contributed by atoms with Crippen LogP contribution in [-0.4, -0.2) is 57.0 Å². The number of nitro groups is 3. The number of phenolic OH excluding ortho intramolecular Hbond substituents is 1. The van der Waals surface area contributed by atoms with Gasteiger partial charge in [-0.1, -0.05) is 18.2 Å². The minimum Gasteiger partial charge on any atom is -0.497 e. The molecule has 1 aliphatic rings. The number of aromatic hydroxyl groups is 1. The smallest absolute Gasteiger partial charge is 0.324 e. The van der Waals surface area contributed by atoms with Crippen LogP contribution in [-0.2, 0) is 0 Å². The molecule has 1 unspecified atom stereocenters. The third-order valence-electron chi connectivity index (χ3n) is 4.83. The lowest BCUT2D eigenvalue weighted by Crippen LogP contribution is -2.22. The minimum atomic E-state index is -1.21. The molecule has 3 rings (SSSR count). The summed E-state index contributed by atoms with van der Waals surface area (Å²) in [5.74, 6) is 0.391. The van der Waals surface area contributed by atoms with Crippen molar-refractivity contribution in [1.82, 2.24) is 4.90 Å². The largest absolute Gasteiger partial charge is 0.497 e. The summed E-state index contributed by atoms with van der Waals surface area (Å²) >= 11 is 1.82. The second kappa shape index (κ2) is 11.3. The van der Waals surface area contributed by atoms with Crippen molar-refractivity contribution in [2.75, 3.05) is 26.4 Å². The molecule has 0 fully saturated rings. The summed E-state index contributed by atoms with van der Waals surface area (Å²) in [7, 11) is 4.12. The van der Waals surface area contributed by atoms with E-state index in [2.05, 4.69) is 25.1 Å². The average Bonchev–Trinajstić information content (AvgIpc) is 2.91. The summed E-state index contributed by atoms with van der Waals surface area (Å²) in [4.78, 5) is 43.5. The zero-order valence-corrected chi connectivity index (χ0v) is 18.7. The molecule has 12 nitrogen and oxygen atoms in total. The maximum absolute atomic E-state index is 12.4. The van der Waals surface area contributed by atoms with E-state index in [-0.39, 0.29) is 5.92 Å². The highest BCUT2D eigenvalue weighted by atomic mass is 32.2. The number of carbonyl (C=O) groups excluding carboxylic acids is 1. The first-order valence-electron chi connectivity index (χ1n) is 9.73. The Balaban J connectivity index is 0.000000234. The first kappa shape index (κ1) is 25.7. The predicted molar refractivity (Wildman–Crippen MR) is 121 cm³/mol. The number of phenols is 1. The Bertz CT molecular complexity index is 1040. The molecule has 13 heteroatoms. The Morgan fingerprint density at radius 2 is 1.61 bits per heavy atom. The fourth-order valence-electron chi connectivity index (χ4n) is 3.12. The van der Waals surface area contributed by atoms with Crippen LogP contribution in [0.5, 0.6) is 5.75 Å². The van der Waals surface area contributed by atoms with Gasteiger partial charge >= 0.3 is 11.4 Å². The molecule has 2 aromatic carbocycles. The van der Waals surface area contributed by atoms with Crippen molar-refractivity contribution in [2.45, 2.75) is 17.7 Å². The average molecular weight is 478 g/mol. The number of ketones is 1. The molecule has 2 aromatic rings. The molecule has 1 aliphatic heterocycles. The van der Waals surface area contributed by atoms with Gasteiger partial charge in [0.1, 0.15) is 0 Å². The molecule has 0 aromatic heterocycles. The number of Topliss-reactive ketones (excluding diaryl/α,β-unsaturated/α-hetero) is 1. The number of hydrogen-bond acceptors (Lipinski definition) is 10. The molecule has 1 atom stereocenters. The van der Waals surface area contributed by atoms with Gasteiger partial charge in [-0.2, -0.15) is 0 Å². The van der Waals surface area contributed by atoms with Crippen molar-refractivity contribution in [2.24, 2.45) is 5.92 Å². The Hall–Kier alpha value is -3.58. The molecule has 1 heterocycles. The topological polar surface area (TPSA) is 170 Å². The Morgan fingerprint density at radius 3 is 2.12 bits per heavy atom. The molecule has 0 spiro atoms. The number of thioether (sulfide) groups is 1. The molecule has 33 heavy (non-hydrogen) atoms. The lowest BCUT2D eigenvalue weighted by Gasteiger charge is -2.16. The number of nitrogens with zero attached hydrogens (tertiary/aromatic N) is 4. The van der Waals surface area contributed by atoms with Crippen molar-refractivity contribution < 1.29 is 24.7 Å². The number of rotatable bonds is 6. The first-order chi connectivity index (χ1) is 15.5. The number of non-ortho nitro benzene ring substituents is 1. The van der Waals surface area contributed by atoms with Crippen molar-refractivity contribution in [3.8, 4) is 5.75 Å². The van der Waals surface area contributed by atoms with Gasteiger partial charge in [-0.3, -0.25) is 35.1 Å². The summed E-state index contributed by atoms with van der Waals surface area (Å²) in [5, 5.41) is 40.2. The van der Waals surface area contributed by atoms with E-state index in [1.54, 1.807) is 0 Å². The molecule has 0 aliphatic carbocycles. The third kappa shape index (κ3) is 6.70. The highest BCUT2D eigenvalue weighted by molar-refractivity contribution is 7.99. The van der Waals surface area contributed by atoms with E-state index in [4.69, 9.17) is 5.11 Å². The second-order valence-electron chi connectivity index (χ2n) is 7.39. The molecule has 0 saturated carbocycles. The van der Waals surface area contributed by atoms with Crippen LogP contribution in [0.2, 0.25) is 0 Å². The fourth-order valence-corrected chi connectivity index (χ4v) is 4.24. The van der Waals surface area contributed by atoms with Gasteiger partial charge in [-0.25, -0.2) is 0 Å².